The van der Waals surface area contributed by atoms with Gasteiger partial charge < -0.3 is 20.1 Å². The van der Waals surface area contributed by atoms with Crippen LogP contribution in [0.4, 0.5) is 19.0 Å². The predicted octanol–water partition coefficient (Wildman–Crippen LogP) is 5.00. The molecule has 4 heterocycles. The molecule has 0 spiro atoms. The van der Waals surface area contributed by atoms with Crippen LogP contribution < -0.4 is 15.0 Å². The molecule has 11 heteroatoms. The van der Waals surface area contributed by atoms with Crippen LogP contribution in [-0.4, -0.2) is 83.6 Å². The Kier molecular flexibility index (Phi) is 7.57. The van der Waals surface area contributed by atoms with Gasteiger partial charge in [-0.15, -0.1) is 0 Å². The SMILES string of the molecule is CCc1c(F)ccc2cc(O)cc(-c3ncc4c(N(C)CCNC)nc(OC[C@@]56CCCN5C[C@H](F)C6)nc4c3F)c12. The Labute approximate surface area is 242 Å². The molecular weight excluding hydrogens is 545 g/mol. The number of phenols is 1. The van der Waals surface area contributed by atoms with Gasteiger partial charge in [0.05, 0.1) is 10.9 Å². The third-order valence-corrected chi connectivity index (χ3v) is 8.69. The van der Waals surface area contributed by atoms with E-state index in [1.54, 1.807) is 6.07 Å². The normalized spacial score (nSPS) is 20.5. The number of nitrogens with zero attached hydrogens (tertiary/aromatic N) is 5. The Morgan fingerprint density at radius 2 is 2.07 bits per heavy atom. The number of aryl methyl sites for hydroxylation is 1. The minimum Gasteiger partial charge on any atom is -0.508 e. The van der Waals surface area contributed by atoms with E-state index in [2.05, 4.69) is 25.2 Å². The molecule has 0 aliphatic carbocycles. The van der Waals surface area contributed by atoms with Crippen LogP contribution in [0.2, 0.25) is 0 Å². The van der Waals surface area contributed by atoms with E-state index >= 15 is 4.39 Å². The van der Waals surface area contributed by atoms with E-state index in [0.29, 0.717) is 60.0 Å². The number of nitrogens with one attached hydrogen (secondary N) is 1. The van der Waals surface area contributed by atoms with Gasteiger partial charge in [-0.3, -0.25) is 9.88 Å². The Morgan fingerprint density at radius 3 is 2.86 bits per heavy atom. The molecule has 42 heavy (non-hydrogen) atoms. The highest BCUT2D eigenvalue weighted by atomic mass is 19.1. The van der Waals surface area contributed by atoms with Crippen molar-refractivity contribution in [2.24, 2.45) is 0 Å². The second-order valence-electron chi connectivity index (χ2n) is 11.4. The van der Waals surface area contributed by atoms with Crippen LogP contribution in [0, 0.1) is 11.6 Å². The van der Waals surface area contributed by atoms with Gasteiger partial charge in [-0.25, -0.2) is 13.2 Å². The molecule has 2 fully saturated rings. The van der Waals surface area contributed by atoms with Gasteiger partial charge >= 0.3 is 6.01 Å². The number of pyridine rings is 1. The third kappa shape index (κ3) is 4.88. The van der Waals surface area contributed by atoms with Gasteiger partial charge in [-0.1, -0.05) is 13.0 Å². The Morgan fingerprint density at radius 1 is 1.24 bits per heavy atom. The minimum atomic E-state index is -0.907. The fourth-order valence-corrected chi connectivity index (χ4v) is 6.63. The van der Waals surface area contributed by atoms with Crippen molar-refractivity contribution < 1.29 is 23.0 Å². The zero-order chi connectivity index (χ0) is 29.6. The number of alkyl halides is 1. The molecule has 8 nitrogen and oxygen atoms in total. The average molecular weight is 581 g/mol. The lowest BCUT2D eigenvalue weighted by Gasteiger charge is -2.31. The van der Waals surface area contributed by atoms with Crippen molar-refractivity contribution in [2.45, 2.75) is 44.3 Å². The first-order chi connectivity index (χ1) is 20.2. The van der Waals surface area contributed by atoms with Gasteiger partial charge in [0.15, 0.2) is 5.82 Å². The number of aromatic nitrogens is 3. The first-order valence-corrected chi connectivity index (χ1v) is 14.4. The molecule has 0 bridgehead atoms. The summed E-state index contributed by atoms with van der Waals surface area (Å²) < 4.78 is 51.9. The van der Waals surface area contributed by atoms with E-state index in [1.807, 2.05) is 25.9 Å². The molecule has 2 saturated heterocycles. The summed E-state index contributed by atoms with van der Waals surface area (Å²) in [6.45, 7) is 4.47. The molecule has 2 aliphatic heterocycles. The highest BCUT2D eigenvalue weighted by molar-refractivity contribution is 6.01. The summed E-state index contributed by atoms with van der Waals surface area (Å²) in [6, 6.07) is 5.83. The molecule has 2 aromatic carbocycles. The van der Waals surface area contributed by atoms with Gasteiger partial charge in [-0.2, -0.15) is 9.97 Å². The molecule has 4 aromatic rings. The van der Waals surface area contributed by atoms with Crippen molar-refractivity contribution in [3.05, 3.63) is 47.7 Å². The van der Waals surface area contributed by atoms with Gasteiger partial charge in [0.2, 0.25) is 0 Å². The van der Waals surface area contributed by atoms with Crippen LogP contribution in [0.15, 0.2) is 30.5 Å². The van der Waals surface area contributed by atoms with Crippen molar-refractivity contribution in [1.82, 2.24) is 25.2 Å². The number of fused-ring (bicyclic) bond motifs is 3. The summed E-state index contributed by atoms with van der Waals surface area (Å²) in [5.74, 6) is -0.784. The number of aromatic hydroxyl groups is 1. The van der Waals surface area contributed by atoms with Crippen molar-refractivity contribution in [1.29, 1.82) is 0 Å². The van der Waals surface area contributed by atoms with Crippen LogP contribution in [0.5, 0.6) is 11.8 Å². The average Bonchev–Trinajstić information content (AvgIpc) is 3.50. The fourth-order valence-electron chi connectivity index (χ4n) is 6.63. The number of anilines is 1. The number of likely N-dealkylation sites (N-methyl/N-ethyl adjacent to an activating group) is 2. The number of phenolic OH excluding ortho intramolecular Hbond substituents is 1. The first-order valence-electron chi connectivity index (χ1n) is 14.4. The van der Waals surface area contributed by atoms with E-state index in [9.17, 15) is 13.9 Å². The van der Waals surface area contributed by atoms with E-state index in [0.717, 1.165) is 19.4 Å². The molecule has 0 amide bonds. The highest BCUT2D eigenvalue weighted by Crippen LogP contribution is 2.41. The molecule has 6 rings (SSSR count). The molecule has 0 unspecified atom stereocenters. The van der Waals surface area contributed by atoms with E-state index in [4.69, 9.17) is 4.74 Å². The molecule has 222 valence electrons. The lowest BCUT2D eigenvalue weighted by molar-refractivity contribution is 0.107. The summed E-state index contributed by atoms with van der Waals surface area (Å²) in [5, 5.41) is 15.0. The Balaban J connectivity index is 1.49. The molecule has 2 aliphatic rings. The topological polar surface area (TPSA) is 86.6 Å². The summed E-state index contributed by atoms with van der Waals surface area (Å²) in [6.07, 6.45) is 3.14. The Bertz CT molecular complexity index is 1650. The maximum absolute atomic E-state index is 16.6. The maximum Gasteiger partial charge on any atom is 0.319 e. The van der Waals surface area contributed by atoms with E-state index < -0.39 is 23.3 Å². The zero-order valence-electron chi connectivity index (χ0n) is 24.1. The smallest absolute Gasteiger partial charge is 0.319 e. The molecule has 2 aromatic heterocycles. The third-order valence-electron chi connectivity index (χ3n) is 8.69. The second-order valence-corrected chi connectivity index (χ2v) is 11.4. The number of benzene rings is 2. The van der Waals surface area contributed by atoms with Crippen LogP contribution >= 0.6 is 0 Å². The standard InChI is InChI=1S/C31H35F3N6O2/c1-4-21-24(33)7-6-18-12-20(41)13-22(25(18)21)27-26(34)28-23(15-36-27)29(39(3)11-9-35-2)38-30(37-28)42-17-31-8-5-10-40(31)16-19(32)14-31/h6-7,12-13,15,19,35,41H,4-5,8-11,14,16-17H2,1-3H3/t19-,31+/m1/s1. The summed E-state index contributed by atoms with van der Waals surface area (Å²) in [4.78, 5) is 17.6. The number of ether oxygens (including phenoxy) is 1. The van der Waals surface area contributed by atoms with E-state index in [1.165, 1.54) is 24.4 Å². The van der Waals surface area contributed by atoms with Gasteiger partial charge in [0.25, 0.3) is 0 Å². The number of halogens is 3. The monoisotopic (exact) mass is 580 g/mol. The Hall–Kier alpha value is -3.70. The van der Waals surface area contributed by atoms with Crippen LogP contribution in [0.1, 0.15) is 31.7 Å². The first kappa shape index (κ1) is 28.4. The van der Waals surface area contributed by atoms with Gasteiger partial charge in [-0.05, 0) is 67.4 Å². The summed E-state index contributed by atoms with van der Waals surface area (Å²) >= 11 is 0. The highest BCUT2D eigenvalue weighted by Gasteiger charge is 2.49. The lowest BCUT2D eigenvalue weighted by Crippen LogP contribution is -2.43. The van der Waals surface area contributed by atoms with Gasteiger partial charge in [0.1, 0.15) is 41.4 Å². The van der Waals surface area contributed by atoms with Crippen LogP contribution in [0.3, 0.4) is 0 Å². The van der Waals surface area contributed by atoms with Crippen molar-refractivity contribution >= 4 is 27.5 Å². The summed E-state index contributed by atoms with van der Waals surface area (Å²) in [5.41, 5.74) is 0.198. The number of hydrogen-bond acceptors (Lipinski definition) is 8. The zero-order valence-corrected chi connectivity index (χ0v) is 24.1. The van der Waals surface area contributed by atoms with E-state index in [-0.39, 0.29) is 35.1 Å². The molecule has 0 saturated carbocycles. The lowest BCUT2D eigenvalue weighted by atomic mass is 9.94. The molecule has 0 radical (unpaired) electrons. The van der Waals surface area contributed by atoms with Gasteiger partial charge in [0, 0.05) is 44.9 Å². The van der Waals surface area contributed by atoms with Crippen LogP contribution in [0.25, 0.3) is 32.9 Å². The fraction of sp³-hybridized carbons (Fsp3) is 0.452. The maximum atomic E-state index is 16.6. The number of rotatable bonds is 9. The quantitative estimate of drug-likeness (QED) is 0.286. The van der Waals surface area contributed by atoms with Crippen molar-refractivity contribution in [3.8, 4) is 23.0 Å². The second kappa shape index (κ2) is 11.2. The molecular formula is C31H35F3N6O2. The largest absolute Gasteiger partial charge is 0.508 e. The molecule has 2 atom stereocenters. The number of hydrogen-bond donors (Lipinski definition) is 2. The van der Waals surface area contributed by atoms with Crippen LogP contribution in [-0.2, 0) is 6.42 Å². The summed E-state index contributed by atoms with van der Waals surface area (Å²) in [7, 11) is 3.68. The minimum absolute atomic E-state index is 0.00202. The molecule has 2 N–H and O–H groups in total. The van der Waals surface area contributed by atoms with Crippen molar-refractivity contribution in [2.75, 3.05) is 51.8 Å². The predicted molar refractivity (Wildman–Crippen MR) is 157 cm³/mol. The van der Waals surface area contributed by atoms with Crippen molar-refractivity contribution in [3.63, 3.8) is 0 Å².